The van der Waals surface area contributed by atoms with Crippen LogP contribution in [0.25, 0.3) is 10.2 Å². The fourth-order valence-electron chi connectivity index (χ4n) is 1.41. The minimum absolute atomic E-state index is 0.0586. The molecule has 0 aliphatic heterocycles. The first-order chi connectivity index (χ1) is 7.56. The molecule has 1 aromatic heterocycles. The molecule has 1 heterocycles. The number of thiazole rings is 1. The molecule has 0 aliphatic carbocycles. The lowest BCUT2D eigenvalue weighted by molar-refractivity contribution is 0.415. The highest BCUT2D eigenvalue weighted by molar-refractivity contribution is 7.18. The minimum Gasteiger partial charge on any atom is -0.497 e. The second-order valence-corrected chi connectivity index (χ2v) is 5.47. The molecule has 2 rings (SSSR count). The van der Waals surface area contributed by atoms with Crippen LogP contribution in [0.4, 0.5) is 0 Å². The molecule has 3 nitrogen and oxygen atoms in total. The highest BCUT2D eigenvalue weighted by Gasteiger charge is 2.22. The zero-order chi connectivity index (χ0) is 11.8. The number of nitrogens with zero attached hydrogens (tertiary/aromatic N) is 1. The highest BCUT2D eigenvalue weighted by Crippen LogP contribution is 2.32. The Morgan fingerprint density at radius 3 is 2.81 bits per heavy atom. The summed E-state index contributed by atoms with van der Waals surface area (Å²) in [4.78, 5) is 4.62. The first kappa shape index (κ1) is 11.4. The number of aromatic nitrogens is 1. The molecule has 0 saturated heterocycles. The van der Waals surface area contributed by atoms with Crippen LogP contribution in [0.5, 0.6) is 5.75 Å². The van der Waals surface area contributed by atoms with Crippen LogP contribution in [-0.4, -0.2) is 18.6 Å². The lowest BCUT2D eigenvalue weighted by Crippen LogP contribution is -2.27. The first-order valence-electron chi connectivity index (χ1n) is 5.22. The SMILES string of the molecule is COc1ccc2sc(C(C)(C)CN)nc2c1. The van der Waals surface area contributed by atoms with E-state index < -0.39 is 0 Å². The molecule has 0 saturated carbocycles. The number of ether oxygens (including phenoxy) is 1. The second-order valence-electron chi connectivity index (χ2n) is 4.44. The summed E-state index contributed by atoms with van der Waals surface area (Å²) >= 11 is 1.70. The standard InChI is InChI=1S/C12H16N2OS/c1-12(2,7-13)11-14-9-6-8(15-3)4-5-10(9)16-11/h4-6H,7,13H2,1-3H3. The lowest BCUT2D eigenvalue weighted by atomic mass is 9.95. The van der Waals surface area contributed by atoms with Crippen LogP contribution in [0, 0.1) is 0 Å². The monoisotopic (exact) mass is 236 g/mol. The summed E-state index contributed by atoms with van der Waals surface area (Å²) in [6, 6.07) is 5.96. The van der Waals surface area contributed by atoms with Crippen molar-refractivity contribution in [2.24, 2.45) is 5.73 Å². The zero-order valence-corrected chi connectivity index (χ0v) is 10.6. The van der Waals surface area contributed by atoms with E-state index in [1.54, 1.807) is 18.4 Å². The molecule has 4 heteroatoms. The largest absolute Gasteiger partial charge is 0.497 e. The van der Waals surface area contributed by atoms with Gasteiger partial charge in [0, 0.05) is 18.0 Å². The van der Waals surface area contributed by atoms with Gasteiger partial charge in [0.2, 0.25) is 0 Å². The van der Waals surface area contributed by atoms with E-state index >= 15 is 0 Å². The van der Waals surface area contributed by atoms with E-state index in [-0.39, 0.29) is 5.41 Å². The van der Waals surface area contributed by atoms with Gasteiger partial charge in [-0.05, 0) is 12.1 Å². The van der Waals surface area contributed by atoms with E-state index in [1.807, 2.05) is 18.2 Å². The molecule has 0 amide bonds. The van der Waals surface area contributed by atoms with Gasteiger partial charge in [-0.1, -0.05) is 13.8 Å². The number of hydrogen-bond donors (Lipinski definition) is 1. The van der Waals surface area contributed by atoms with Gasteiger partial charge in [0.05, 0.1) is 17.3 Å². The summed E-state index contributed by atoms with van der Waals surface area (Å²) in [5, 5.41) is 1.08. The second kappa shape index (κ2) is 4.03. The summed E-state index contributed by atoms with van der Waals surface area (Å²) in [5.41, 5.74) is 6.69. The molecule has 0 aliphatic rings. The van der Waals surface area contributed by atoms with Gasteiger partial charge < -0.3 is 10.5 Å². The third kappa shape index (κ3) is 1.90. The Hall–Kier alpha value is -1.13. The van der Waals surface area contributed by atoms with Gasteiger partial charge in [-0.15, -0.1) is 11.3 Å². The topological polar surface area (TPSA) is 48.1 Å². The van der Waals surface area contributed by atoms with Crippen molar-refractivity contribution < 1.29 is 4.74 Å². The molecular weight excluding hydrogens is 220 g/mol. The molecule has 2 aromatic rings. The van der Waals surface area contributed by atoms with Crippen LogP contribution >= 0.6 is 11.3 Å². The van der Waals surface area contributed by atoms with Crippen LogP contribution in [-0.2, 0) is 5.41 Å². The Balaban J connectivity index is 2.52. The number of hydrogen-bond acceptors (Lipinski definition) is 4. The lowest BCUT2D eigenvalue weighted by Gasteiger charge is -2.18. The maximum atomic E-state index is 5.76. The maximum absolute atomic E-state index is 5.76. The Bertz CT molecular complexity index is 505. The van der Waals surface area contributed by atoms with Crippen LogP contribution < -0.4 is 10.5 Å². The Morgan fingerprint density at radius 1 is 1.44 bits per heavy atom. The van der Waals surface area contributed by atoms with E-state index in [0.717, 1.165) is 16.3 Å². The molecule has 0 spiro atoms. The molecule has 0 bridgehead atoms. The maximum Gasteiger partial charge on any atom is 0.121 e. The van der Waals surface area contributed by atoms with E-state index in [1.165, 1.54) is 4.70 Å². The number of benzene rings is 1. The fourth-order valence-corrected chi connectivity index (χ4v) is 2.47. The van der Waals surface area contributed by atoms with Gasteiger partial charge in [-0.2, -0.15) is 0 Å². The molecular formula is C12H16N2OS. The third-order valence-corrected chi connectivity index (χ3v) is 4.09. The molecule has 16 heavy (non-hydrogen) atoms. The van der Waals surface area contributed by atoms with Gasteiger partial charge in [0.25, 0.3) is 0 Å². The first-order valence-corrected chi connectivity index (χ1v) is 6.03. The van der Waals surface area contributed by atoms with E-state index in [9.17, 15) is 0 Å². The van der Waals surface area contributed by atoms with E-state index in [2.05, 4.69) is 18.8 Å². The number of methoxy groups -OCH3 is 1. The Morgan fingerprint density at radius 2 is 2.19 bits per heavy atom. The van der Waals surface area contributed by atoms with Gasteiger partial charge >= 0.3 is 0 Å². The highest BCUT2D eigenvalue weighted by atomic mass is 32.1. The quantitative estimate of drug-likeness (QED) is 0.891. The third-order valence-electron chi connectivity index (χ3n) is 2.68. The van der Waals surface area contributed by atoms with Gasteiger partial charge in [-0.25, -0.2) is 4.98 Å². The van der Waals surface area contributed by atoms with Crippen molar-refractivity contribution in [1.29, 1.82) is 0 Å². The molecule has 2 N–H and O–H groups in total. The molecule has 0 radical (unpaired) electrons. The van der Waals surface area contributed by atoms with Crippen LogP contribution in [0.1, 0.15) is 18.9 Å². The molecule has 0 fully saturated rings. The van der Waals surface area contributed by atoms with Crippen molar-refractivity contribution in [2.45, 2.75) is 19.3 Å². The summed E-state index contributed by atoms with van der Waals surface area (Å²) in [5.74, 6) is 0.843. The van der Waals surface area contributed by atoms with Crippen molar-refractivity contribution in [1.82, 2.24) is 4.98 Å². The van der Waals surface area contributed by atoms with Gasteiger partial charge in [0.15, 0.2) is 0 Å². The van der Waals surface area contributed by atoms with Crippen LogP contribution in [0.3, 0.4) is 0 Å². The molecule has 0 atom stereocenters. The summed E-state index contributed by atoms with van der Waals surface area (Å²) in [6.07, 6.45) is 0. The molecule has 86 valence electrons. The average Bonchev–Trinajstić information content (AvgIpc) is 2.72. The van der Waals surface area contributed by atoms with Crippen LogP contribution in [0.2, 0.25) is 0 Å². The van der Waals surface area contributed by atoms with E-state index in [4.69, 9.17) is 10.5 Å². The summed E-state index contributed by atoms with van der Waals surface area (Å²) in [7, 11) is 1.66. The minimum atomic E-state index is -0.0586. The zero-order valence-electron chi connectivity index (χ0n) is 9.78. The number of rotatable bonds is 3. The Labute approximate surface area is 99.3 Å². The van der Waals surface area contributed by atoms with E-state index in [0.29, 0.717) is 6.54 Å². The summed E-state index contributed by atoms with van der Waals surface area (Å²) in [6.45, 7) is 4.83. The molecule has 1 aromatic carbocycles. The van der Waals surface area contributed by atoms with Crippen molar-refractivity contribution in [2.75, 3.05) is 13.7 Å². The molecule has 0 unspecified atom stereocenters. The Kier molecular flexibility index (Phi) is 2.86. The van der Waals surface area contributed by atoms with Gasteiger partial charge in [-0.3, -0.25) is 0 Å². The van der Waals surface area contributed by atoms with Crippen molar-refractivity contribution in [3.63, 3.8) is 0 Å². The van der Waals surface area contributed by atoms with Gasteiger partial charge in [0.1, 0.15) is 10.8 Å². The normalized spacial score (nSPS) is 12.0. The van der Waals surface area contributed by atoms with Crippen molar-refractivity contribution >= 4 is 21.6 Å². The number of fused-ring (bicyclic) bond motifs is 1. The fraction of sp³-hybridized carbons (Fsp3) is 0.417. The average molecular weight is 236 g/mol. The van der Waals surface area contributed by atoms with Crippen molar-refractivity contribution in [3.05, 3.63) is 23.2 Å². The smallest absolute Gasteiger partial charge is 0.121 e. The van der Waals surface area contributed by atoms with Crippen LogP contribution in [0.15, 0.2) is 18.2 Å². The predicted octanol–water partition coefficient (Wildman–Crippen LogP) is 2.54. The van der Waals surface area contributed by atoms with Crippen molar-refractivity contribution in [3.8, 4) is 5.75 Å². The number of nitrogens with two attached hydrogens (primary N) is 1. The summed E-state index contributed by atoms with van der Waals surface area (Å²) < 4.78 is 6.36. The predicted molar refractivity (Wildman–Crippen MR) is 68.3 cm³/mol.